The van der Waals surface area contributed by atoms with Crippen molar-refractivity contribution < 1.29 is 9.22 Å². The molecule has 0 unspecified atom stereocenters. The topological polar surface area (TPSA) is 43.3 Å². The molecule has 2 aromatic rings. The van der Waals surface area contributed by atoms with E-state index in [1.54, 1.807) is 0 Å². The summed E-state index contributed by atoms with van der Waals surface area (Å²) in [5.74, 6) is -0.0265. The van der Waals surface area contributed by atoms with E-state index in [9.17, 15) is 4.79 Å². The number of fused-ring (bicyclic) bond motifs is 1. The molecule has 2 rings (SSSR count). The second-order valence-corrected chi connectivity index (χ2v) is 30.6. The van der Waals surface area contributed by atoms with Crippen molar-refractivity contribution in [1.82, 2.24) is 9.22 Å². The van der Waals surface area contributed by atoms with Crippen LogP contribution in [0.1, 0.15) is 88.6 Å². The molecule has 39 heavy (non-hydrogen) atoms. The van der Waals surface area contributed by atoms with Gasteiger partial charge in [0.05, 0.1) is 0 Å². The van der Waals surface area contributed by atoms with Crippen LogP contribution in [-0.4, -0.2) is 41.0 Å². The highest BCUT2D eigenvalue weighted by molar-refractivity contribution is 6.81. The van der Waals surface area contributed by atoms with Crippen molar-refractivity contribution >= 4 is 41.7 Å². The van der Waals surface area contributed by atoms with Gasteiger partial charge in [0.1, 0.15) is 14.3 Å². The van der Waals surface area contributed by atoms with Gasteiger partial charge in [-0.25, -0.2) is 0 Å². The van der Waals surface area contributed by atoms with Gasteiger partial charge in [0, 0.05) is 10.9 Å². The normalized spacial score (nSPS) is 14.6. The lowest BCUT2D eigenvalue weighted by molar-refractivity contribution is -0.137. The number of hydrogen-bond acceptors (Lipinski definition) is 3. The van der Waals surface area contributed by atoms with Crippen LogP contribution in [-0.2, 0) is 15.6 Å². The smallest absolute Gasteiger partial charge is 0.309 e. The number of nitrogens with one attached hydrogen (secondary N) is 1. The molecule has 0 aliphatic carbocycles. The van der Waals surface area contributed by atoms with Crippen LogP contribution in [0.4, 0.5) is 0 Å². The van der Waals surface area contributed by atoms with Crippen molar-refractivity contribution in [3.05, 3.63) is 36.0 Å². The summed E-state index contributed by atoms with van der Waals surface area (Å²) in [5.41, 5.74) is 5.12. The van der Waals surface area contributed by atoms with Crippen LogP contribution in [0.3, 0.4) is 0 Å². The molecule has 0 aliphatic rings. The third kappa shape index (κ3) is 6.68. The van der Waals surface area contributed by atoms with Gasteiger partial charge in [0.15, 0.2) is 8.24 Å². The van der Waals surface area contributed by atoms with Crippen LogP contribution >= 0.6 is 0 Å². The largest absolute Gasteiger partial charge is 0.517 e. The van der Waals surface area contributed by atoms with E-state index in [4.69, 9.17) is 4.43 Å². The van der Waals surface area contributed by atoms with E-state index in [0.717, 1.165) is 0 Å². The second-order valence-electron chi connectivity index (χ2n) is 14.7. The van der Waals surface area contributed by atoms with Gasteiger partial charge in [-0.15, -0.1) is 0 Å². The molecule has 0 radical (unpaired) electrons. The number of rotatable bonds is 13. The first kappa shape index (κ1) is 34.0. The van der Waals surface area contributed by atoms with Crippen molar-refractivity contribution in [1.29, 1.82) is 0 Å². The lowest BCUT2D eigenvalue weighted by Crippen LogP contribution is -2.64. The Morgan fingerprint density at radius 3 is 1.64 bits per heavy atom. The highest BCUT2D eigenvalue weighted by Gasteiger charge is 2.51. The molecule has 0 amide bonds. The third-order valence-corrected chi connectivity index (χ3v) is 23.9. The highest BCUT2D eigenvalue weighted by Crippen LogP contribution is 2.44. The molecule has 1 atom stereocenters. The molecule has 0 saturated heterocycles. The van der Waals surface area contributed by atoms with E-state index in [2.05, 4.69) is 142 Å². The minimum absolute atomic E-state index is 0.0265. The zero-order chi connectivity index (χ0) is 30.1. The van der Waals surface area contributed by atoms with Gasteiger partial charge in [0.2, 0.25) is 0 Å². The number of carbonyl (C=O) groups excluding carboxylic acids is 1. The predicted molar refractivity (Wildman–Crippen MR) is 179 cm³/mol. The Hall–Kier alpha value is -1.16. The summed E-state index contributed by atoms with van der Waals surface area (Å²) in [7, 11) is -6.12. The fourth-order valence-corrected chi connectivity index (χ4v) is 20.3. The summed E-state index contributed by atoms with van der Waals surface area (Å²) in [6.07, 6.45) is 3.01. The quantitative estimate of drug-likeness (QED) is 0.237. The van der Waals surface area contributed by atoms with Gasteiger partial charge in [-0.2, -0.15) is 0 Å². The average molecular weight is 589 g/mol. The summed E-state index contributed by atoms with van der Waals surface area (Å²) >= 11 is 0. The summed E-state index contributed by atoms with van der Waals surface area (Å²) < 4.78 is 9.40. The maximum Gasteiger partial charge on any atom is 0.309 e. The van der Waals surface area contributed by atoms with Crippen molar-refractivity contribution in [2.45, 2.75) is 148 Å². The summed E-state index contributed by atoms with van der Waals surface area (Å²) in [4.78, 5) is 18.7. The standard InChI is InChI=1S/C32H60N2O2Si3/c1-22(2)38(23(3)4,24(5)6)33-30(32(35)36-39(25(7)8,26(9)10)27(11)12)20-28-21-34(37(13,14)15)31-19-17-16-18-29(28)31/h16-19,21-27,30,33H,20H2,1-15H3/t30-/m0/s1. The Balaban J connectivity index is 2.72. The van der Waals surface area contributed by atoms with Crippen LogP contribution in [0.2, 0.25) is 52.9 Å². The van der Waals surface area contributed by atoms with E-state index >= 15 is 0 Å². The molecule has 1 aromatic heterocycles. The molecular weight excluding hydrogens is 529 g/mol. The summed E-state index contributed by atoms with van der Waals surface area (Å²) in [6, 6.07) is 8.38. The zero-order valence-electron chi connectivity index (χ0n) is 27.9. The van der Waals surface area contributed by atoms with E-state index in [1.807, 2.05) is 0 Å². The minimum Gasteiger partial charge on any atom is -0.517 e. The molecule has 4 nitrogen and oxygen atoms in total. The number of carbonyl (C=O) groups is 1. The lowest BCUT2D eigenvalue weighted by atomic mass is 10.1. The van der Waals surface area contributed by atoms with Gasteiger partial charge in [-0.1, -0.05) is 121 Å². The molecule has 0 saturated carbocycles. The first-order valence-corrected chi connectivity index (χ1v) is 23.3. The number of benzene rings is 1. The average Bonchev–Trinajstić information content (AvgIpc) is 3.17. The Bertz CT molecular complexity index is 1050. The zero-order valence-corrected chi connectivity index (χ0v) is 30.9. The van der Waals surface area contributed by atoms with Crippen molar-refractivity contribution in [2.24, 2.45) is 0 Å². The predicted octanol–water partition coefficient (Wildman–Crippen LogP) is 9.72. The highest BCUT2D eigenvalue weighted by atomic mass is 28.4. The van der Waals surface area contributed by atoms with Gasteiger partial charge in [-0.05, 0) is 57.5 Å². The van der Waals surface area contributed by atoms with E-state index < -0.39 is 24.8 Å². The summed E-state index contributed by atoms with van der Waals surface area (Å²) in [6.45, 7) is 34.9. The Labute approximate surface area is 244 Å². The molecular formula is C32H60N2O2Si3. The summed E-state index contributed by atoms with van der Waals surface area (Å²) in [5, 5.41) is 1.27. The second kappa shape index (κ2) is 12.8. The van der Waals surface area contributed by atoms with E-state index in [0.29, 0.717) is 39.7 Å². The monoisotopic (exact) mass is 588 g/mol. The molecule has 0 bridgehead atoms. The van der Waals surface area contributed by atoms with Crippen LogP contribution in [0, 0.1) is 0 Å². The molecule has 222 valence electrons. The molecule has 0 spiro atoms. The molecule has 1 heterocycles. The number of para-hydroxylation sites is 1. The molecule has 0 fully saturated rings. The number of hydrogen-bond donors (Lipinski definition) is 1. The van der Waals surface area contributed by atoms with Crippen LogP contribution in [0.15, 0.2) is 30.5 Å². The van der Waals surface area contributed by atoms with Crippen LogP contribution in [0.25, 0.3) is 10.9 Å². The Morgan fingerprint density at radius 2 is 1.23 bits per heavy atom. The van der Waals surface area contributed by atoms with Crippen molar-refractivity contribution in [2.75, 3.05) is 0 Å². The van der Waals surface area contributed by atoms with Gasteiger partial charge in [-0.3, -0.25) is 4.79 Å². The fourth-order valence-electron chi connectivity index (χ4n) is 7.78. The van der Waals surface area contributed by atoms with E-state index in [1.165, 1.54) is 16.5 Å². The molecule has 1 N–H and O–H groups in total. The fraction of sp³-hybridized carbons (Fsp3) is 0.719. The minimum atomic E-state index is -2.38. The maximum atomic E-state index is 14.5. The van der Waals surface area contributed by atoms with Gasteiger partial charge >= 0.3 is 5.97 Å². The van der Waals surface area contributed by atoms with Gasteiger partial charge in [0.25, 0.3) is 8.32 Å². The van der Waals surface area contributed by atoms with Crippen molar-refractivity contribution in [3.8, 4) is 0 Å². The van der Waals surface area contributed by atoms with Crippen molar-refractivity contribution in [3.63, 3.8) is 0 Å². The van der Waals surface area contributed by atoms with Crippen LogP contribution in [0.5, 0.6) is 0 Å². The van der Waals surface area contributed by atoms with E-state index in [-0.39, 0.29) is 12.0 Å². The van der Waals surface area contributed by atoms with Gasteiger partial charge < -0.3 is 13.6 Å². The third-order valence-electron chi connectivity index (χ3n) is 9.50. The first-order valence-electron chi connectivity index (χ1n) is 15.4. The number of aromatic nitrogens is 1. The Kier molecular flexibility index (Phi) is 11.2. The Morgan fingerprint density at radius 1 is 0.769 bits per heavy atom. The molecule has 7 heteroatoms. The van der Waals surface area contributed by atoms with Crippen LogP contribution < -0.4 is 4.98 Å². The SMILES string of the molecule is CC(C)[Si](N[C@@H](Cc1cn([Si](C)(C)C)c2ccccc12)C(=O)O[Si](C(C)C)(C(C)C)C(C)C)(C(C)C)C(C)C. The molecule has 0 aliphatic heterocycles. The maximum absolute atomic E-state index is 14.5. The lowest BCUT2D eigenvalue weighted by Gasteiger charge is -2.47. The number of nitrogens with zero attached hydrogens (tertiary/aromatic N) is 1. The molecule has 1 aromatic carbocycles. The first-order chi connectivity index (χ1) is 17.8.